The van der Waals surface area contributed by atoms with Gasteiger partial charge >= 0.3 is 5.97 Å². The number of carbonyl (C=O) groups is 1. The van der Waals surface area contributed by atoms with Crippen molar-refractivity contribution in [1.29, 1.82) is 0 Å². The highest BCUT2D eigenvalue weighted by atomic mass is 28.4. The molecule has 0 unspecified atom stereocenters. The number of esters is 1. The molecule has 0 aliphatic heterocycles. The summed E-state index contributed by atoms with van der Waals surface area (Å²) in [6.45, 7) is 15.8. The Labute approximate surface area is 159 Å². The summed E-state index contributed by atoms with van der Waals surface area (Å²) >= 11 is 0. The van der Waals surface area contributed by atoms with E-state index in [1.165, 1.54) is 7.11 Å². The standard InChI is InChI=1S/C18H38O7Si/c1-18(2,3)26(5,6)25-16-15-24-14-13-23-12-11-22-10-9-21-8-7-17(19)20-4/h7-16H2,1-6H3. The molecule has 0 fully saturated rings. The Bertz CT molecular complexity index is 356. The van der Waals surface area contributed by atoms with Gasteiger partial charge in [0.05, 0.1) is 73.0 Å². The van der Waals surface area contributed by atoms with E-state index in [0.29, 0.717) is 59.5 Å². The molecule has 0 bridgehead atoms. The third kappa shape index (κ3) is 13.7. The van der Waals surface area contributed by atoms with Crippen LogP contribution in [0.15, 0.2) is 0 Å². The van der Waals surface area contributed by atoms with E-state index in [0.717, 1.165) is 0 Å². The molecule has 0 rings (SSSR count). The van der Waals surface area contributed by atoms with Crippen LogP contribution in [0.4, 0.5) is 0 Å². The minimum atomic E-state index is -1.68. The lowest BCUT2D eigenvalue weighted by molar-refractivity contribution is -0.141. The van der Waals surface area contributed by atoms with E-state index in [1.807, 2.05) is 0 Å². The van der Waals surface area contributed by atoms with Crippen molar-refractivity contribution in [3.05, 3.63) is 0 Å². The zero-order chi connectivity index (χ0) is 19.9. The number of ether oxygens (including phenoxy) is 5. The van der Waals surface area contributed by atoms with Gasteiger partial charge in [-0.25, -0.2) is 0 Å². The van der Waals surface area contributed by atoms with Crippen molar-refractivity contribution in [1.82, 2.24) is 0 Å². The molecule has 0 aromatic heterocycles. The van der Waals surface area contributed by atoms with Crippen LogP contribution in [0.25, 0.3) is 0 Å². The van der Waals surface area contributed by atoms with Gasteiger partial charge in [-0.1, -0.05) is 20.8 Å². The fourth-order valence-electron chi connectivity index (χ4n) is 1.59. The van der Waals surface area contributed by atoms with Crippen molar-refractivity contribution in [3.8, 4) is 0 Å². The Morgan fingerprint density at radius 3 is 1.50 bits per heavy atom. The second kappa shape index (κ2) is 14.5. The molecule has 0 amide bonds. The maximum atomic E-state index is 10.8. The maximum Gasteiger partial charge on any atom is 0.307 e. The minimum absolute atomic E-state index is 0.225. The summed E-state index contributed by atoms with van der Waals surface area (Å²) in [5.74, 6) is -0.270. The molecule has 156 valence electrons. The second-order valence-electron chi connectivity index (χ2n) is 7.38. The third-order valence-corrected chi connectivity index (χ3v) is 8.83. The summed E-state index contributed by atoms with van der Waals surface area (Å²) in [5, 5.41) is 0.225. The minimum Gasteiger partial charge on any atom is -0.469 e. The van der Waals surface area contributed by atoms with Gasteiger partial charge in [-0.2, -0.15) is 0 Å². The first kappa shape index (κ1) is 25.5. The van der Waals surface area contributed by atoms with Crippen LogP contribution in [0.1, 0.15) is 27.2 Å². The maximum absolute atomic E-state index is 10.8. The Kier molecular flexibility index (Phi) is 14.2. The monoisotopic (exact) mass is 394 g/mol. The molecule has 0 aliphatic rings. The highest BCUT2D eigenvalue weighted by Gasteiger charge is 2.36. The molecule has 0 saturated carbocycles. The largest absolute Gasteiger partial charge is 0.469 e. The van der Waals surface area contributed by atoms with Gasteiger partial charge in [0.25, 0.3) is 0 Å². The van der Waals surface area contributed by atoms with Crippen molar-refractivity contribution in [2.24, 2.45) is 0 Å². The molecule has 8 heteroatoms. The van der Waals surface area contributed by atoms with Gasteiger partial charge < -0.3 is 28.1 Å². The van der Waals surface area contributed by atoms with Crippen LogP contribution in [-0.4, -0.2) is 80.9 Å². The van der Waals surface area contributed by atoms with E-state index < -0.39 is 8.32 Å². The quantitative estimate of drug-likeness (QED) is 0.226. The van der Waals surface area contributed by atoms with E-state index in [1.54, 1.807) is 0 Å². The molecule has 0 saturated heterocycles. The first-order valence-electron chi connectivity index (χ1n) is 9.22. The number of methoxy groups -OCH3 is 1. The molecular weight excluding hydrogens is 356 g/mol. The highest BCUT2D eigenvalue weighted by Crippen LogP contribution is 2.36. The van der Waals surface area contributed by atoms with Gasteiger partial charge in [-0.15, -0.1) is 0 Å². The van der Waals surface area contributed by atoms with Crippen molar-refractivity contribution in [3.63, 3.8) is 0 Å². The summed E-state index contributed by atoms with van der Waals surface area (Å²) < 4.78 is 32.1. The fraction of sp³-hybridized carbons (Fsp3) is 0.944. The predicted molar refractivity (Wildman–Crippen MR) is 103 cm³/mol. The summed E-state index contributed by atoms with van der Waals surface area (Å²) in [6.07, 6.45) is 0.264. The zero-order valence-electron chi connectivity index (χ0n) is 17.4. The lowest BCUT2D eigenvalue weighted by Crippen LogP contribution is -2.41. The third-order valence-electron chi connectivity index (χ3n) is 4.29. The van der Waals surface area contributed by atoms with E-state index in [4.69, 9.17) is 23.4 Å². The topological polar surface area (TPSA) is 72.5 Å². The second-order valence-corrected chi connectivity index (χ2v) is 12.2. The Balaban J connectivity index is 3.26. The average molecular weight is 395 g/mol. The first-order valence-corrected chi connectivity index (χ1v) is 12.1. The van der Waals surface area contributed by atoms with Gasteiger partial charge in [0, 0.05) is 0 Å². The van der Waals surface area contributed by atoms with Gasteiger partial charge in [-0.05, 0) is 18.1 Å². The molecule has 0 aliphatic carbocycles. The summed E-state index contributed by atoms with van der Waals surface area (Å²) in [4.78, 5) is 10.8. The average Bonchev–Trinajstić information content (AvgIpc) is 2.56. The summed E-state index contributed by atoms with van der Waals surface area (Å²) in [5.41, 5.74) is 0. The Hall–Kier alpha value is -0.513. The van der Waals surface area contributed by atoms with Gasteiger partial charge in [0.2, 0.25) is 0 Å². The van der Waals surface area contributed by atoms with Crippen molar-refractivity contribution in [2.75, 3.05) is 66.6 Å². The predicted octanol–water partition coefficient (Wildman–Crippen LogP) is 2.64. The summed E-state index contributed by atoms with van der Waals surface area (Å²) in [6, 6.07) is 0. The number of hydrogen-bond donors (Lipinski definition) is 0. The first-order chi connectivity index (χ1) is 12.2. The van der Waals surface area contributed by atoms with Gasteiger partial charge in [-0.3, -0.25) is 4.79 Å². The molecule has 0 heterocycles. The summed E-state index contributed by atoms with van der Waals surface area (Å²) in [7, 11) is -0.315. The van der Waals surface area contributed by atoms with E-state index >= 15 is 0 Å². The van der Waals surface area contributed by atoms with Crippen molar-refractivity contribution >= 4 is 14.3 Å². The van der Waals surface area contributed by atoms with Gasteiger partial charge in [0.1, 0.15) is 0 Å². The number of hydrogen-bond acceptors (Lipinski definition) is 7. The molecule has 26 heavy (non-hydrogen) atoms. The number of rotatable bonds is 16. The normalized spacial score (nSPS) is 12.4. The lowest BCUT2D eigenvalue weighted by Gasteiger charge is -2.36. The van der Waals surface area contributed by atoms with Gasteiger partial charge in [0.15, 0.2) is 8.32 Å². The molecule has 0 radical (unpaired) electrons. The molecule has 0 N–H and O–H groups in total. The van der Waals surface area contributed by atoms with Crippen molar-refractivity contribution in [2.45, 2.75) is 45.3 Å². The zero-order valence-corrected chi connectivity index (χ0v) is 18.4. The molecular formula is C18H38O7Si. The Morgan fingerprint density at radius 1 is 0.731 bits per heavy atom. The Morgan fingerprint density at radius 2 is 1.12 bits per heavy atom. The molecule has 0 atom stereocenters. The SMILES string of the molecule is COC(=O)CCOCCOCCOCCOCCO[Si](C)(C)C(C)(C)C. The fourth-order valence-corrected chi connectivity index (χ4v) is 2.62. The molecule has 0 aromatic carbocycles. The van der Waals surface area contributed by atoms with Crippen LogP contribution in [-0.2, 0) is 32.9 Å². The molecule has 0 aromatic rings. The van der Waals surface area contributed by atoms with Crippen molar-refractivity contribution < 1.29 is 32.9 Å². The van der Waals surface area contributed by atoms with Crippen LogP contribution in [0.3, 0.4) is 0 Å². The van der Waals surface area contributed by atoms with Crippen LogP contribution in [0.2, 0.25) is 18.1 Å². The number of carbonyl (C=O) groups excluding carboxylic acids is 1. The lowest BCUT2D eigenvalue weighted by atomic mass is 10.2. The van der Waals surface area contributed by atoms with E-state index in [2.05, 4.69) is 38.6 Å². The van der Waals surface area contributed by atoms with Crippen LogP contribution >= 0.6 is 0 Å². The highest BCUT2D eigenvalue weighted by molar-refractivity contribution is 6.74. The smallest absolute Gasteiger partial charge is 0.307 e. The molecule has 0 spiro atoms. The van der Waals surface area contributed by atoms with Crippen LogP contribution in [0.5, 0.6) is 0 Å². The van der Waals surface area contributed by atoms with Crippen LogP contribution < -0.4 is 0 Å². The van der Waals surface area contributed by atoms with E-state index in [-0.39, 0.29) is 17.4 Å². The molecule has 7 nitrogen and oxygen atoms in total. The van der Waals surface area contributed by atoms with Crippen LogP contribution in [0, 0.1) is 0 Å². The van der Waals surface area contributed by atoms with E-state index in [9.17, 15) is 4.79 Å².